The number of nitrogens with zero attached hydrogens (tertiary/aromatic N) is 6. The van der Waals surface area contributed by atoms with E-state index in [9.17, 15) is 4.79 Å². The molecule has 0 aliphatic heterocycles. The summed E-state index contributed by atoms with van der Waals surface area (Å²) in [5, 5.41) is 22.8. The third-order valence-corrected chi connectivity index (χ3v) is 4.06. The minimum absolute atomic E-state index is 0.120. The van der Waals surface area contributed by atoms with Crippen LogP contribution in [0, 0.1) is 20.8 Å². The first-order valence-corrected chi connectivity index (χ1v) is 8.34. The van der Waals surface area contributed by atoms with Crippen LogP contribution < -0.4 is 10.6 Å². The Kier molecular flexibility index (Phi) is 4.97. The van der Waals surface area contributed by atoms with Crippen LogP contribution in [0.3, 0.4) is 0 Å². The number of aryl methyl sites for hydroxylation is 3. The molecule has 0 fully saturated rings. The Morgan fingerprint density at radius 2 is 1.88 bits per heavy atom. The molecule has 0 bridgehead atoms. The Bertz CT molecular complexity index is 909. The van der Waals surface area contributed by atoms with Crippen LogP contribution in [0.1, 0.15) is 27.4 Å². The average molecular weight is 354 g/mol. The van der Waals surface area contributed by atoms with Crippen LogP contribution >= 0.6 is 0 Å². The van der Waals surface area contributed by atoms with E-state index >= 15 is 0 Å². The van der Waals surface area contributed by atoms with Crippen molar-refractivity contribution in [3.8, 4) is 5.82 Å². The minimum Gasteiger partial charge on any atom is -0.367 e. The fourth-order valence-electron chi connectivity index (χ4n) is 2.64. The summed E-state index contributed by atoms with van der Waals surface area (Å²) in [6.45, 7) is 6.64. The Morgan fingerprint density at radius 3 is 2.46 bits per heavy atom. The lowest BCUT2D eigenvalue weighted by Gasteiger charge is -2.08. The molecule has 0 saturated carbocycles. The molecule has 0 spiro atoms. The number of hydrogen-bond donors (Lipinski definition) is 2. The van der Waals surface area contributed by atoms with Crippen molar-refractivity contribution in [1.29, 1.82) is 0 Å². The van der Waals surface area contributed by atoms with Gasteiger partial charge in [0.1, 0.15) is 5.82 Å². The Morgan fingerprint density at radius 1 is 1.08 bits per heavy atom. The molecule has 0 aromatic carbocycles. The van der Waals surface area contributed by atoms with Crippen molar-refractivity contribution < 1.29 is 4.79 Å². The van der Waals surface area contributed by atoms with Gasteiger partial charge < -0.3 is 10.6 Å². The third kappa shape index (κ3) is 3.71. The molecule has 3 rings (SSSR count). The summed E-state index contributed by atoms with van der Waals surface area (Å²) < 4.78 is 3.38. The molecule has 0 atom stereocenters. The van der Waals surface area contributed by atoms with E-state index in [1.807, 2.05) is 52.2 Å². The summed E-state index contributed by atoms with van der Waals surface area (Å²) in [5.41, 5.74) is 3.13. The molecule has 0 radical (unpaired) electrons. The molecule has 9 heteroatoms. The molecule has 1 amide bonds. The number of anilines is 1. The first-order chi connectivity index (χ1) is 12.5. The van der Waals surface area contributed by atoms with Gasteiger partial charge in [-0.2, -0.15) is 10.2 Å². The predicted octanol–water partition coefficient (Wildman–Crippen LogP) is 1.16. The fourth-order valence-corrected chi connectivity index (χ4v) is 2.64. The second-order valence-corrected chi connectivity index (χ2v) is 6.03. The maximum absolute atomic E-state index is 12.3. The fraction of sp³-hybridized carbons (Fsp3) is 0.353. The number of aromatic nitrogens is 6. The molecule has 0 saturated heterocycles. The van der Waals surface area contributed by atoms with Crippen LogP contribution in [0.2, 0.25) is 0 Å². The molecular formula is C17H22N8O. The predicted molar refractivity (Wildman–Crippen MR) is 97.4 cm³/mol. The van der Waals surface area contributed by atoms with Gasteiger partial charge in [0.05, 0.1) is 17.0 Å². The zero-order valence-corrected chi connectivity index (χ0v) is 15.3. The minimum atomic E-state index is -0.120. The van der Waals surface area contributed by atoms with E-state index in [-0.39, 0.29) is 5.91 Å². The van der Waals surface area contributed by atoms with Gasteiger partial charge in [-0.3, -0.25) is 9.48 Å². The van der Waals surface area contributed by atoms with Crippen LogP contribution in [0.4, 0.5) is 5.82 Å². The lowest BCUT2D eigenvalue weighted by molar-refractivity contribution is 0.0954. The zero-order valence-electron chi connectivity index (χ0n) is 15.3. The molecule has 3 heterocycles. The van der Waals surface area contributed by atoms with Crippen molar-refractivity contribution in [3.05, 3.63) is 47.0 Å². The quantitative estimate of drug-likeness (QED) is 0.644. The molecule has 136 valence electrons. The molecule has 0 aliphatic rings. The van der Waals surface area contributed by atoms with Gasteiger partial charge >= 0.3 is 0 Å². The Hall–Kier alpha value is -3.23. The van der Waals surface area contributed by atoms with Crippen molar-refractivity contribution in [2.75, 3.05) is 18.4 Å². The summed E-state index contributed by atoms with van der Waals surface area (Å²) in [5.74, 6) is 1.17. The molecular weight excluding hydrogens is 332 g/mol. The maximum atomic E-state index is 12.3. The van der Waals surface area contributed by atoms with Gasteiger partial charge in [0.2, 0.25) is 0 Å². The molecule has 0 aliphatic carbocycles. The van der Waals surface area contributed by atoms with E-state index in [4.69, 9.17) is 0 Å². The number of hydrogen-bond acceptors (Lipinski definition) is 6. The van der Waals surface area contributed by atoms with Gasteiger partial charge in [-0.05, 0) is 39.0 Å². The zero-order chi connectivity index (χ0) is 18.7. The first-order valence-electron chi connectivity index (χ1n) is 8.34. The van der Waals surface area contributed by atoms with Gasteiger partial charge in [0.15, 0.2) is 5.82 Å². The summed E-state index contributed by atoms with van der Waals surface area (Å²) in [6.07, 6.45) is 1.84. The van der Waals surface area contributed by atoms with Crippen LogP contribution in [-0.2, 0) is 7.05 Å². The largest absolute Gasteiger partial charge is 0.367 e. The first kappa shape index (κ1) is 17.6. The van der Waals surface area contributed by atoms with Crippen molar-refractivity contribution in [2.45, 2.75) is 20.8 Å². The highest BCUT2D eigenvalue weighted by Crippen LogP contribution is 2.11. The van der Waals surface area contributed by atoms with Gasteiger partial charge in [0, 0.05) is 32.0 Å². The van der Waals surface area contributed by atoms with Crippen LogP contribution in [0.25, 0.3) is 5.82 Å². The van der Waals surface area contributed by atoms with Gasteiger partial charge in [0.25, 0.3) is 5.91 Å². The number of carbonyl (C=O) groups is 1. The monoisotopic (exact) mass is 354 g/mol. The summed E-state index contributed by atoms with van der Waals surface area (Å²) in [4.78, 5) is 12.3. The standard InChI is InChI=1S/C17H22N8O/c1-11-7-10-25(22-11)15-6-5-14(20-21-15)18-8-9-19-17(26)16-12(2)23-24(4)13(16)3/h5-7,10H,8-9H2,1-4H3,(H,18,20)(H,19,26). The Balaban J connectivity index is 1.50. The number of amides is 1. The van der Waals surface area contributed by atoms with E-state index < -0.39 is 0 Å². The maximum Gasteiger partial charge on any atom is 0.255 e. The van der Waals surface area contributed by atoms with Crippen molar-refractivity contribution in [1.82, 2.24) is 35.1 Å². The van der Waals surface area contributed by atoms with E-state index in [1.165, 1.54) is 0 Å². The van der Waals surface area contributed by atoms with Crippen molar-refractivity contribution >= 4 is 11.7 Å². The normalized spacial score (nSPS) is 10.8. The molecule has 26 heavy (non-hydrogen) atoms. The highest BCUT2D eigenvalue weighted by atomic mass is 16.1. The molecule has 0 unspecified atom stereocenters. The average Bonchev–Trinajstić information content (AvgIpc) is 3.15. The molecule has 2 N–H and O–H groups in total. The van der Waals surface area contributed by atoms with Gasteiger partial charge in [-0.25, -0.2) is 4.68 Å². The number of nitrogens with one attached hydrogen (secondary N) is 2. The summed E-state index contributed by atoms with van der Waals surface area (Å²) in [6, 6.07) is 5.57. The lowest BCUT2D eigenvalue weighted by atomic mass is 10.2. The molecule has 3 aromatic rings. The van der Waals surface area contributed by atoms with Gasteiger partial charge in [-0.1, -0.05) is 0 Å². The number of carbonyl (C=O) groups excluding carboxylic acids is 1. The Labute approximate surface area is 151 Å². The molecule has 3 aromatic heterocycles. The third-order valence-electron chi connectivity index (χ3n) is 4.06. The molecule has 9 nitrogen and oxygen atoms in total. The highest BCUT2D eigenvalue weighted by molar-refractivity contribution is 5.96. The van der Waals surface area contributed by atoms with E-state index in [1.54, 1.807) is 9.36 Å². The van der Waals surface area contributed by atoms with Crippen LogP contribution in [-0.4, -0.2) is 48.8 Å². The van der Waals surface area contributed by atoms with E-state index in [0.717, 1.165) is 17.1 Å². The second-order valence-electron chi connectivity index (χ2n) is 6.03. The smallest absolute Gasteiger partial charge is 0.255 e. The summed E-state index contributed by atoms with van der Waals surface area (Å²) >= 11 is 0. The summed E-state index contributed by atoms with van der Waals surface area (Å²) in [7, 11) is 1.83. The van der Waals surface area contributed by atoms with E-state index in [2.05, 4.69) is 31.0 Å². The van der Waals surface area contributed by atoms with Crippen LogP contribution in [0.5, 0.6) is 0 Å². The SMILES string of the molecule is Cc1ccn(-c2ccc(NCCNC(=O)c3c(C)nn(C)c3C)nn2)n1. The lowest BCUT2D eigenvalue weighted by Crippen LogP contribution is -2.29. The van der Waals surface area contributed by atoms with Gasteiger partial charge in [-0.15, -0.1) is 10.2 Å². The van der Waals surface area contributed by atoms with Crippen LogP contribution in [0.15, 0.2) is 24.4 Å². The van der Waals surface area contributed by atoms with Crippen molar-refractivity contribution in [2.24, 2.45) is 7.05 Å². The van der Waals surface area contributed by atoms with Crippen molar-refractivity contribution in [3.63, 3.8) is 0 Å². The number of rotatable bonds is 6. The highest BCUT2D eigenvalue weighted by Gasteiger charge is 2.16. The van der Waals surface area contributed by atoms with E-state index in [0.29, 0.717) is 30.3 Å². The second kappa shape index (κ2) is 7.34. The topological polar surface area (TPSA) is 103 Å².